The quantitative estimate of drug-likeness (QED) is 0.872. The molecule has 9 heteroatoms. The topological polar surface area (TPSA) is 87.1 Å². The lowest BCUT2D eigenvalue weighted by Crippen LogP contribution is -2.35. The first kappa shape index (κ1) is 16.9. The van der Waals surface area contributed by atoms with Crippen LogP contribution >= 0.6 is 0 Å². The van der Waals surface area contributed by atoms with Crippen molar-refractivity contribution in [3.63, 3.8) is 0 Å². The number of phenols is 1. The van der Waals surface area contributed by atoms with Crippen LogP contribution in [0.25, 0.3) is 0 Å². The van der Waals surface area contributed by atoms with Gasteiger partial charge in [-0.15, -0.1) is 0 Å². The zero-order valence-corrected chi connectivity index (χ0v) is 11.8. The number of nitrogens with zero attached hydrogens (tertiary/aromatic N) is 1. The third-order valence-electron chi connectivity index (χ3n) is 3.61. The van der Waals surface area contributed by atoms with E-state index in [2.05, 4.69) is 0 Å². The van der Waals surface area contributed by atoms with Gasteiger partial charge < -0.3 is 19.8 Å². The lowest BCUT2D eigenvalue weighted by molar-refractivity contribution is -0.188. The lowest BCUT2D eigenvalue weighted by atomic mass is 9.96. The number of hydrogen-bond acceptors (Lipinski definition) is 4. The maximum atomic E-state index is 12.8. The largest absolute Gasteiger partial charge is 0.508 e. The van der Waals surface area contributed by atoms with Crippen molar-refractivity contribution in [2.75, 3.05) is 19.7 Å². The SMILES string of the molecule is O=C(O)[C@@H]1CN(C(=O)COc2ccc(O)cc2)C[C@H]1C(F)(F)F. The number of benzene rings is 1. The number of amides is 1. The molecule has 1 aromatic carbocycles. The Balaban J connectivity index is 1.97. The molecule has 1 heterocycles. The highest BCUT2D eigenvalue weighted by Crippen LogP contribution is 2.37. The van der Waals surface area contributed by atoms with Gasteiger partial charge in [-0.1, -0.05) is 0 Å². The van der Waals surface area contributed by atoms with Gasteiger partial charge in [-0.05, 0) is 24.3 Å². The maximum absolute atomic E-state index is 12.8. The van der Waals surface area contributed by atoms with E-state index < -0.39 is 49.6 Å². The Hall–Kier alpha value is -2.45. The first-order valence-electron chi connectivity index (χ1n) is 6.67. The number of carbonyl (C=O) groups is 2. The molecule has 1 aliphatic rings. The second-order valence-electron chi connectivity index (χ2n) is 5.17. The molecular weight excluding hydrogens is 319 g/mol. The first-order chi connectivity index (χ1) is 10.7. The second kappa shape index (κ2) is 6.35. The first-order valence-corrected chi connectivity index (χ1v) is 6.67. The number of alkyl halides is 3. The molecule has 2 rings (SSSR count). The standard InChI is InChI=1S/C14H14F3NO5/c15-14(16,17)11-6-18(5-10(11)13(21)22)12(20)7-23-9-3-1-8(19)2-4-9/h1-4,10-11,19H,5-7H2,(H,21,22)/t10-,11-/m1/s1. The fraction of sp³-hybridized carbons (Fsp3) is 0.429. The Labute approximate surface area is 129 Å². The summed E-state index contributed by atoms with van der Waals surface area (Å²) in [5.74, 6) is -5.80. The molecule has 6 nitrogen and oxygen atoms in total. The average Bonchev–Trinajstić information content (AvgIpc) is 2.92. The van der Waals surface area contributed by atoms with Crippen LogP contribution in [0.5, 0.6) is 11.5 Å². The van der Waals surface area contributed by atoms with E-state index in [1.807, 2.05) is 0 Å². The summed E-state index contributed by atoms with van der Waals surface area (Å²) in [7, 11) is 0. The molecule has 0 aliphatic carbocycles. The molecule has 1 fully saturated rings. The number of rotatable bonds is 4. The van der Waals surface area contributed by atoms with Crippen LogP contribution in [0, 0.1) is 11.8 Å². The predicted octanol–water partition coefficient (Wildman–Crippen LogP) is 1.49. The summed E-state index contributed by atoms with van der Waals surface area (Å²) in [5.41, 5.74) is 0. The van der Waals surface area contributed by atoms with Crippen molar-refractivity contribution in [1.29, 1.82) is 0 Å². The van der Waals surface area contributed by atoms with Gasteiger partial charge >= 0.3 is 12.1 Å². The van der Waals surface area contributed by atoms with E-state index in [0.717, 1.165) is 4.90 Å². The molecule has 0 spiro atoms. The third kappa shape index (κ3) is 4.05. The number of carboxylic acid groups (broad SMARTS) is 1. The molecule has 0 radical (unpaired) electrons. The summed E-state index contributed by atoms with van der Waals surface area (Å²) in [6, 6.07) is 5.45. The number of carboxylic acids is 1. The van der Waals surface area contributed by atoms with Crippen molar-refractivity contribution >= 4 is 11.9 Å². The van der Waals surface area contributed by atoms with Crippen molar-refractivity contribution in [1.82, 2.24) is 4.90 Å². The van der Waals surface area contributed by atoms with E-state index in [-0.39, 0.29) is 11.5 Å². The van der Waals surface area contributed by atoms with E-state index in [1.54, 1.807) is 0 Å². The molecule has 126 valence electrons. The highest BCUT2D eigenvalue weighted by atomic mass is 19.4. The van der Waals surface area contributed by atoms with Crippen LogP contribution in [0.15, 0.2) is 24.3 Å². The smallest absolute Gasteiger partial charge is 0.394 e. The molecule has 2 N–H and O–H groups in total. The maximum Gasteiger partial charge on any atom is 0.394 e. The number of carbonyl (C=O) groups excluding carboxylic acids is 1. The summed E-state index contributed by atoms with van der Waals surface area (Å²) in [4.78, 5) is 23.7. The highest BCUT2D eigenvalue weighted by molar-refractivity contribution is 5.80. The van der Waals surface area contributed by atoms with Crippen LogP contribution < -0.4 is 4.74 Å². The molecule has 0 unspecified atom stereocenters. The van der Waals surface area contributed by atoms with Crippen LogP contribution in [0.4, 0.5) is 13.2 Å². The zero-order valence-electron chi connectivity index (χ0n) is 11.8. The number of halogens is 3. The number of ether oxygens (including phenoxy) is 1. The van der Waals surface area contributed by atoms with E-state index in [0.29, 0.717) is 0 Å². The van der Waals surface area contributed by atoms with Crippen LogP contribution in [0.3, 0.4) is 0 Å². The number of hydrogen-bond donors (Lipinski definition) is 2. The van der Waals surface area contributed by atoms with Crippen molar-refractivity contribution in [2.45, 2.75) is 6.18 Å². The number of aromatic hydroxyl groups is 1. The summed E-state index contributed by atoms with van der Waals surface area (Å²) in [5, 5.41) is 18.0. The van der Waals surface area contributed by atoms with Gasteiger partial charge in [-0.2, -0.15) is 13.2 Å². The molecule has 1 amide bonds. The van der Waals surface area contributed by atoms with E-state index >= 15 is 0 Å². The summed E-state index contributed by atoms with van der Waals surface area (Å²) >= 11 is 0. The zero-order chi connectivity index (χ0) is 17.2. The van der Waals surface area contributed by atoms with Crippen molar-refractivity contribution in [3.05, 3.63) is 24.3 Å². The van der Waals surface area contributed by atoms with Crippen LogP contribution in [-0.2, 0) is 9.59 Å². The Morgan fingerprint density at radius 3 is 2.30 bits per heavy atom. The van der Waals surface area contributed by atoms with E-state index in [4.69, 9.17) is 14.9 Å². The van der Waals surface area contributed by atoms with Gasteiger partial charge in [0.2, 0.25) is 0 Å². The summed E-state index contributed by atoms with van der Waals surface area (Å²) in [6.07, 6.45) is -4.68. The molecular formula is C14H14F3NO5. The monoisotopic (exact) mass is 333 g/mol. The molecule has 0 saturated carbocycles. The Kier molecular flexibility index (Phi) is 4.67. The van der Waals surface area contributed by atoms with Crippen molar-refractivity contribution < 1.29 is 37.7 Å². The molecule has 1 aromatic rings. The average molecular weight is 333 g/mol. The minimum atomic E-state index is -4.68. The molecule has 0 aromatic heterocycles. The van der Waals surface area contributed by atoms with Crippen LogP contribution in [0.2, 0.25) is 0 Å². The van der Waals surface area contributed by atoms with Gasteiger partial charge in [-0.3, -0.25) is 9.59 Å². The van der Waals surface area contributed by atoms with E-state index in [9.17, 15) is 22.8 Å². The minimum Gasteiger partial charge on any atom is -0.508 e. The van der Waals surface area contributed by atoms with Crippen LogP contribution in [0.1, 0.15) is 0 Å². The van der Waals surface area contributed by atoms with E-state index in [1.165, 1.54) is 24.3 Å². The number of phenolic OH excluding ortho intramolecular Hbond substituents is 1. The number of likely N-dealkylation sites (tertiary alicyclic amines) is 1. The fourth-order valence-electron chi connectivity index (χ4n) is 2.37. The molecule has 0 bridgehead atoms. The Morgan fingerprint density at radius 2 is 1.83 bits per heavy atom. The van der Waals surface area contributed by atoms with Gasteiger partial charge in [0, 0.05) is 13.1 Å². The van der Waals surface area contributed by atoms with Gasteiger partial charge in [0.05, 0.1) is 11.8 Å². The van der Waals surface area contributed by atoms with Crippen LogP contribution in [-0.4, -0.2) is 52.9 Å². The second-order valence-corrected chi connectivity index (χ2v) is 5.17. The molecule has 1 saturated heterocycles. The van der Waals surface area contributed by atoms with Crippen molar-refractivity contribution in [3.8, 4) is 11.5 Å². The summed E-state index contributed by atoms with van der Waals surface area (Å²) in [6.45, 7) is -1.71. The van der Waals surface area contributed by atoms with Gasteiger partial charge in [0.25, 0.3) is 5.91 Å². The summed E-state index contributed by atoms with van der Waals surface area (Å²) < 4.78 is 43.6. The lowest BCUT2D eigenvalue weighted by Gasteiger charge is -2.18. The minimum absolute atomic E-state index is 0.000499. The molecule has 1 aliphatic heterocycles. The van der Waals surface area contributed by atoms with Crippen molar-refractivity contribution in [2.24, 2.45) is 11.8 Å². The Bertz CT molecular complexity index is 587. The molecule has 2 atom stereocenters. The number of aliphatic carboxylic acids is 1. The predicted molar refractivity (Wildman–Crippen MR) is 70.9 cm³/mol. The Morgan fingerprint density at radius 1 is 1.22 bits per heavy atom. The highest BCUT2D eigenvalue weighted by Gasteiger charge is 2.53. The van der Waals surface area contributed by atoms with Gasteiger partial charge in [-0.25, -0.2) is 0 Å². The van der Waals surface area contributed by atoms with Gasteiger partial charge in [0.15, 0.2) is 6.61 Å². The normalized spacial score (nSPS) is 21.3. The van der Waals surface area contributed by atoms with Gasteiger partial charge in [0.1, 0.15) is 11.5 Å². The third-order valence-corrected chi connectivity index (χ3v) is 3.61. The molecule has 23 heavy (non-hydrogen) atoms. The fourth-order valence-corrected chi connectivity index (χ4v) is 2.37.